The van der Waals surface area contributed by atoms with Gasteiger partial charge in [0.15, 0.2) is 0 Å². The summed E-state index contributed by atoms with van der Waals surface area (Å²) in [5, 5.41) is 4.56. The molecule has 2 rings (SSSR count). The Hall–Kier alpha value is -1.81. The number of nitrogens with zero attached hydrogens (tertiary/aromatic N) is 2. The van der Waals surface area contributed by atoms with Crippen molar-refractivity contribution in [2.45, 2.75) is 26.4 Å². The summed E-state index contributed by atoms with van der Waals surface area (Å²) in [5.41, 5.74) is 2.44. The van der Waals surface area contributed by atoms with E-state index < -0.39 is 0 Å². The van der Waals surface area contributed by atoms with E-state index in [2.05, 4.69) is 28.2 Å². The third kappa shape index (κ3) is 2.85. The number of carbonyl (C=O) groups excluding carboxylic acids is 1. The van der Waals surface area contributed by atoms with Crippen LogP contribution >= 0.6 is 0 Å². The van der Waals surface area contributed by atoms with Crippen LogP contribution in [0.4, 0.5) is 0 Å². The van der Waals surface area contributed by atoms with E-state index in [1.165, 1.54) is 16.5 Å². The quantitative estimate of drug-likeness (QED) is 0.906. The zero-order valence-electron chi connectivity index (χ0n) is 12.7. The van der Waals surface area contributed by atoms with Crippen LogP contribution in [-0.2, 0) is 18.4 Å². The van der Waals surface area contributed by atoms with Gasteiger partial charge in [-0.15, -0.1) is 0 Å². The number of carbonyl (C=O) groups is 1. The number of likely N-dealkylation sites (N-methyl/N-ethyl adjacent to an activating group) is 1. The molecule has 1 N–H and O–H groups in total. The molecule has 4 heteroatoms. The highest BCUT2D eigenvalue weighted by atomic mass is 16.2. The number of rotatable bonds is 5. The molecule has 1 aromatic carbocycles. The number of fused-ring (bicyclic) bond motifs is 1. The van der Waals surface area contributed by atoms with Crippen molar-refractivity contribution < 1.29 is 4.79 Å². The third-order valence-electron chi connectivity index (χ3n) is 3.80. The largest absolute Gasteiger partial charge is 0.350 e. The molecule has 0 fully saturated rings. The lowest BCUT2D eigenvalue weighted by atomic mass is 10.1. The van der Waals surface area contributed by atoms with E-state index in [0.29, 0.717) is 6.54 Å². The van der Waals surface area contributed by atoms with Crippen molar-refractivity contribution >= 4 is 16.8 Å². The van der Waals surface area contributed by atoms with E-state index in [0.717, 1.165) is 6.54 Å². The normalized spacial score (nSPS) is 12.6. The smallest absolute Gasteiger partial charge is 0.239 e. The van der Waals surface area contributed by atoms with Crippen molar-refractivity contribution in [3.05, 3.63) is 36.0 Å². The number of hydrogen-bond donors (Lipinski definition) is 1. The minimum atomic E-state index is -0.168. The molecule has 0 aliphatic heterocycles. The minimum Gasteiger partial charge on any atom is -0.350 e. The Labute approximate surface area is 120 Å². The fourth-order valence-electron chi connectivity index (χ4n) is 2.40. The molecule has 4 nitrogen and oxygen atoms in total. The summed E-state index contributed by atoms with van der Waals surface area (Å²) < 4.78 is 2.12. The van der Waals surface area contributed by atoms with Gasteiger partial charge in [-0.25, -0.2) is 0 Å². The molecule has 1 amide bonds. The van der Waals surface area contributed by atoms with Crippen LogP contribution in [0.1, 0.15) is 19.4 Å². The molecule has 108 valence electrons. The maximum atomic E-state index is 12.0. The summed E-state index contributed by atoms with van der Waals surface area (Å²) >= 11 is 0. The predicted octanol–water partition coefficient (Wildman–Crippen LogP) is 2.13. The van der Waals surface area contributed by atoms with Gasteiger partial charge < -0.3 is 14.8 Å². The monoisotopic (exact) mass is 273 g/mol. The van der Waals surface area contributed by atoms with Crippen LogP contribution in [0, 0.1) is 0 Å². The Morgan fingerprint density at radius 2 is 2.10 bits per heavy atom. The van der Waals surface area contributed by atoms with Crippen LogP contribution in [-0.4, -0.2) is 35.0 Å². The van der Waals surface area contributed by atoms with Gasteiger partial charge in [0.25, 0.3) is 0 Å². The van der Waals surface area contributed by atoms with Gasteiger partial charge in [0.05, 0.1) is 6.04 Å². The number of aromatic nitrogens is 1. The molecule has 0 saturated carbocycles. The van der Waals surface area contributed by atoms with Gasteiger partial charge in [-0.05, 0) is 25.5 Å². The molecule has 1 atom stereocenters. The predicted molar refractivity (Wildman–Crippen MR) is 82.5 cm³/mol. The number of benzene rings is 1. The molecule has 20 heavy (non-hydrogen) atoms. The first-order valence-corrected chi connectivity index (χ1v) is 7.06. The Morgan fingerprint density at radius 1 is 1.40 bits per heavy atom. The van der Waals surface area contributed by atoms with Crippen molar-refractivity contribution in [1.29, 1.82) is 0 Å². The number of amides is 1. The van der Waals surface area contributed by atoms with E-state index in [-0.39, 0.29) is 11.9 Å². The average molecular weight is 273 g/mol. The van der Waals surface area contributed by atoms with Gasteiger partial charge in [-0.1, -0.05) is 18.2 Å². The van der Waals surface area contributed by atoms with E-state index in [1.54, 1.807) is 4.90 Å². The highest BCUT2D eigenvalue weighted by Gasteiger charge is 2.16. The second kappa shape index (κ2) is 6.09. The lowest BCUT2D eigenvalue weighted by Crippen LogP contribution is -2.42. The maximum absolute atomic E-state index is 12.0. The van der Waals surface area contributed by atoms with Crippen molar-refractivity contribution in [2.24, 2.45) is 7.05 Å². The molecule has 1 unspecified atom stereocenters. The molecule has 0 aliphatic rings. The topological polar surface area (TPSA) is 37.3 Å². The zero-order valence-corrected chi connectivity index (χ0v) is 12.7. The van der Waals surface area contributed by atoms with E-state index in [9.17, 15) is 4.79 Å². The van der Waals surface area contributed by atoms with Crippen LogP contribution in [0.15, 0.2) is 30.5 Å². The summed E-state index contributed by atoms with van der Waals surface area (Å²) in [6, 6.07) is 8.15. The zero-order chi connectivity index (χ0) is 14.7. The Balaban J connectivity index is 2.08. The van der Waals surface area contributed by atoms with Gasteiger partial charge in [-0.3, -0.25) is 4.79 Å². The molecule has 0 radical (unpaired) electrons. The van der Waals surface area contributed by atoms with Crippen LogP contribution in [0.3, 0.4) is 0 Å². The SMILES string of the molecule is CCN(C)C(=O)C(C)NCc1cn(C)c2ccccc12. The van der Waals surface area contributed by atoms with Crippen molar-refractivity contribution in [3.63, 3.8) is 0 Å². The van der Waals surface area contributed by atoms with Crippen LogP contribution in [0.25, 0.3) is 10.9 Å². The van der Waals surface area contributed by atoms with Crippen LogP contribution < -0.4 is 5.32 Å². The number of aryl methyl sites for hydroxylation is 1. The fourth-order valence-corrected chi connectivity index (χ4v) is 2.40. The van der Waals surface area contributed by atoms with E-state index in [1.807, 2.05) is 40.1 Å². The Kier molecular flexibility index (Phi) is 4.45. The van der Waals surface area contributed by atoms with Gasteiger partial charge in [-0.2, -0.15) is 0 Å². The van der Waals surface area contributed by atoms with Crippen molar-refractivity contribution in [1.82, 2.24) is 14.8 Å². The average Bonchev–Trinajstić information content (AvgIpc) is 2.80. The summed E-state index contributed by atoms with van der Waals surface area (Å²) in [6.07, 6.45) is 2.12. The first-order valence-electron chi connectivity index (χ1n) is 7.06. The summed E-state index contributed by atoms with van der Waals surface area (Å²) in [6.45, 7) is 5.33. The Bertz CT molecular complexity index is 603. The molecule has 0 aliphatic carbocycles. The highest BCUT2D eigenvalue weighted by molar-refractivity contribution is 5.84. The molecule has 0 spiro atoms. The van der Waals surface area contributed by atoms with Gasteiger partial charge >= 0.3 is 0 Å². The molecule has 0 saturated heterocycles. The summed E-state index contributed by atoms with van der Waals surface area (Å²) in [4.78, 5) is 13.8. The molecule has 2 aromatic rings. The van der Waals surface area contributed by atoms with Gasteiger partial charge in [0, 0.05) is 44.3 Å². The van der Waals surface area contributed by atoms with Gasteiger partial charge in [0.1, 0.15) is 0 Å². The minimum absolute atomic E-state index is 0.132. The number of nitrogens with one attached hydrogen (secondary N) is 1. The lowest BCUT2D eigenvalue weighted by molar-refractivity contribution is -0.131. The standard InChI is InChI=1S/C16H23N3O/c1-5-18(3)16(20)12(2)17-10-13-11-19(4)15-9-7-6-8-14(13)15/h6-9,11-12,17H,5,10H2,1-4H3. The van der Waals surface area contributed by atoms with Crippen molar-refractivity contribution in [2.75, 3.05) is 13.6 Å². The third-order valence-corrected chi connectivity index (χ3v) is 3.80. The second-order valence-electron chi connectivity index (χ2n) is 5.24. The molecular weight excluding hydrogens is 250 g/mol. The second-order valence-corrected chi connectivity index (χ2v) is 5.24. The van der Waals surface area contributed by atoms with Crippen LogP contribution in [0.2, 0.25) is 0 Å². The molecule has 1 heterocycles. The van der Waals surface area contributed by atoms with Crippen LogP contribution in [0.5, 0.6) is 0 Å². The lowest BCUT2D eigenvalue weighted by Gasteiger charge is -2.20. The maximum Gasteiger partial charge on any atom is 0.239 e. The number of hydrogen-bond acceptors (Lipinski definition) is 2. The van der Waals surface area contributed by atoms with E-state index in [4.69, 9.17) is 0 Å². The summed E-state index contributed by atoms with van der Waals surface area (Å²) in [5.74, 6) is 0.132. The highest BCUT2D eigenvalue weighted by Crippen LogP contribution is 2.20. The molecule has 0 bridgehead atoms. The fraction of sp³-hybridized carbons (Fsp3) is 0.438. The first kappa shape index (κ1) is 14.6. The summed E-state index contributed by atoms with van der Waals surface area (Å²) in [7, 11) is 3.88. The first-order chi connectivity index (χ1) is 9.54. The van der Waals surface area contributed by atoms with Gasteiger partial charge in [0.2, 0.25) is 5.91 Å². The Morgan fingerprint density at radius 3 is 2.80 bits per heavy atom. The van der Waals surface area contributed by atoms with Crippen molar-refractivity contribution in [3.8, 4) is 0 Å². The molecular formula is C16H23N3O. The molecule has 1 aromatic heterocycles. The number of para-hydroxylation sites is 1. The van der Waals surface area contributed by atoms with E-state index >= 15 is 0 Å².